The number of anilines is 1. The van der Waals surface area contributed by atoms with E-state index in [0.717, 1.165) is 31.4 Å². The molecule has 1 fully saturated rings. The number of amides is 1. The Hall–Kier alpha value is -1.46. The fraction of sp³-hybridized carbons (Fsp3) is 0.571. The van der Waals surface area contributed by atoms with Crippen LogP contribution in [0.2, 0.25) is 0 Å². The smallest absolute Gasteiger partial charge is 0.225 e. The highest BCUT2D eigenvalue weighted by Crippen LogP contribution is 2.17. The quantitative estimate of drug-likeness (QED) is 0.849. The molecule has 0 saturated carbocycles. The lowest BCUT2D eigenvalue weighted by Gasteiger charge is -2.22. The van der Waals surface area contributed by atoms with Gasteiger partial charge < -0.3 is 15.8 Å². The zero-order valence-electron chi connectivity index (χ0n) is 11.1. The molecule has 0 aliphatic carbocycles. The summed E-state index contributed by atoms with van der Waals surface area (Å²) in [6, 6.07) is 3.64. The van der Waals surface area contributed by atoms with E-state index < -0.39 is 0 Å². The van der Waals surface area contributed by atoms with Crippen molar-refractivity contribution in [1.82, 2.24) is 4.98 Å². The summed E-state index contributed by atoms with van der Waals surface area (Å²) in [5.41, 5.74) is 6.44. The van der Waals surface area contributed by atoms with E-state index in [1.807, 2.05) is 6.07 Å². The molecule has 0 bridgehead atoms. The van der Waals surface area contributed by atoms with E-state index in [1.165, 1.54) is 6.42 Å². The highest BCUT2D eigenvalue weighted by Gasteiger charge is 2.15. The maximum Gasteiger partial charge on any atom is 0.225 e. The van der Waals surface area contributed by atoms with E-state index in [1.54, 1.807) is 12.3 Å². The van der Waals surface area contributed by atoms with Crippen LogP contribution in [-0.2, 0) is 16.1 Å². The third-order valence-electron chi connectivity index (χ3n) is 3.30. The summed E-state index contributed by atoms with van der Waals surface area (Å²) in [5, 5.41) is 2.79. The second-order valence-corrected chi connectivity index (χ2v) is 4.83. The monoisotopic (exact) mass is 263 g/mol. The lowest BCUT2D eigenvalue weighted by Crippen LogP contribution is -2.22. The van der Waals surface area contributed by atoms with E-state index in [9.17, 15) is 4.79 Å². The molecule has 1 amide bonds. The number of aromatic nitrogens is 1. The molecule has 0 radical (unpaired) electrons. The summed E-state index contributed by atoms with van der Waals surface area (Å²) in [5.74, 6) is 0.564. The van der Waals surface area contributed by atoms with Crippen LogP contribution in [0, 0.1) is 0 Å². The van der Waals surface area contributed by atoms with Crippen LogP contribution in [-0.4, -0.2) is 23.6 Å². The first kappa shape index (κ1) is 14.0. The molecule has 5 nitrogen and oxygen atoms in total. The Morgan fingerprint density at radius 1 is 1.47 bits per heavy atom. The molecular weight excluding hydrogens is 242 g/mol. The molecule has 0 aromatic carbocycles. The second kappa shape index (κ2) is 7.21. The SMILES string of the molecule is NCc1ccc(NC(=O)CCC2CCCCO2)nc1. The minimum absolute atomic E-state index is 0.0119. The standard InChI is InChI=1S/C14H21N3O2/c15-9-11-4-6-13(16-10-11)17-14(18)7-5-12-3-1-2-8-19-12/h4,6,10,12H,1-3,5,7-9,15H2,(H,16,17,18). The summed E-state index contributed by atoms with van der Waals surface area (Å²) in [7, 11) is 0. The Labute approximate surface area is 113 Å². The Kier molecular flexibility index (Phi) is 5.30. The van der Waals surface area contributed by atoms with Gasteiger partial charge in [0.25, 0.3) is 0 Å². The Morgan fingerprint density at radius 3 is 3.00 bits per heavy atom. The number of pyridine rings is 1. The number of hydrogen-bond acceptors (Lipinski definition) is 4. The lowest BCUT2D eigenvalue weighted by molar-refractivity contribution is -0.117. The van der Waals surface area contributed by atoms with Gasteiger partial charge in [0.15, 0.2) is 0 Å². The zero-order valence-corrected chi connectivity index (χ0v) is 11.1. The molecule has 1 saturated heterocycles. The number of carbonyl (C=O) groups is 1. The highest BCUT2D eigenvalue weighted by atomic mass is 16.5. The molecule has 3 N–H and O–H groups in total. The zero-order chi connectivity index (χ0) is 13.5. The fourth-order valence-corrected chi connectivity index (χ4v) is 2.15. The average Bonchev–Trinajstić information content (AvgIpc) is 2.47. The topological polar surface area (TPSA) is 77.2 Å². The maximum atomic E-state index is 11.8. The largest absolute Gasteiger partial charge is 0.378 e. The fourth-order valence-electron chi connectivity index (χ4n) is 2.15. The van der Waals surface area contributed by atoms with Gasteiger partial charge in [-0.2, -0.15) is 0 Å². The molecule has 104 valence electrons. The minimum atomic E-state index is -0.0119. The van der Waals surface area contributed by atoms with Gasteiger partial charge in [-0.3, -0.25) is 4.79 Å². The van der Waals surface area contributed by atoms with Crippen LogP contribution in [0.4, 0.5) is 5.82 Å². The second-order valence-electron chi connectivity index (χ2n) is 4.83. The normalized spacial score (nSPS) is 19.1. The van der Waals surface area contributed by atoms with E-state index in [4.69, 9.17) is 10.5 Å². The molecule has 2 rings (SSSR count). The molecule has 1 aliphatic rings. The third kappa shape index (κ3) is 4.61. The van der Waals surface area contributed by atoms with Crippen molar-refractivity contribution >= 4 is 11.7 Å². The summed E-state index contributed by atoms with van der Waals surface area (Å²) in [4.78, 5) is 15.9. The molecular formula is C14H21N3O2. The molecule has 0 spiro atoms. The van der Waals surface area contributed by atoms with Gasteiger partial charge in [0.1, 0.15) is 5.82 Å². The van der Waals surface area contributed by atoms with Crippen LogP contribution in [0.15, 0.2) is 18.3 Å². The predicted molar refractivity (Wildman–Crippen MR) is 73.6 cm³/mol. The maximum absolute atomic E-state index is 11.8. The van der Waals surface area contributed by atoms with Gasteiger partial charge in [-0.05, 0) is 37.3 Å². The number of nitrogens with zero attached hydrogens (tertiary/aromatic N) is 1. The molecule has 1 atom stereocenters. The van der Waals surface area contributed by atoms with Gasteiger partial charge in [0, 0.05) is 25.8 Å². The van der Waals surface area contributed by atoms with E-state index >= 15 is 0 Å². The van der Waals surface area contributed by atoms with Gasteiger partial charge in [0.2, 0.25) is 5.91 Å². The molecule has 19 heavy (non-hydrogen) atoms. The summed E-state index contributed by atoms with van der Waals surface area (Å²) < 4.78 is 5.60. The van der Waals surface area contributed by atoms with Gasteiger partial charge in [0.05, 0.1) is 6.10 Å². The van der Waals surface area contributed by atoms with E-state index in [2.05, 4.69) is 10.3 Å². The van der Waals surface area contributed by atoms with Crippen LogP contribution in [0.5, 0.6) is 0 Å². The number of ether oxygens (including phenoxy) is 1. The third-order valence-corrected chi connectivity index (χ3v) is 3.30. The van der Waals surface area contributed by atoms with Crippen molar-refractivity contribution in [3.05, 3.63) is 23.9 Å². The number of hydrogen-bond donors (Lipinski definition) is 2. The number of carbonyl (C=O) groups excluding carboxylic acids is 1. The minimum Gasteiger partial charge on any atom is -0.378 e. The average molecular weight is 263 g/mol. The highest BCUT2D eigenvalue weighted by molar-refractivity contribution is 5.89. The van der Waals surface area contributed by atoms with E-state index in [0.29, 0.717) is 18.8 Å². The van der Waals surface area contributed by atoms with Crippen molar-refractivity contribution in [2.45, 2.75) is 44.8 Å². The van der Waals surface area contributed by atoms with Crippen LogP contribution in [0.1, 0.15) is 37.7 Å². The van der Waals surface area contributed by atoms with Gasteiger partial charge in [-0.15, -0.1) is 0 Å². The molecule has 1 unspecified atom stereocenters. The Bertz CT molecular complexity index is 400. The van der Waals surface area contributed by atoms with Gasteiger partial charge >= 0.3 is 0 Å². The first-order chi connectivity index (χ1) is 9.28. The first-order valence-electron chi connectivity index (χ1n) is 6.84. The predicted octanol–water partition coefficient (Wildman–Crippen LogP) is 1.83. The van der Waals surface area contributed by atoms with Crippen molar-refractivity contribution < 1.29 is 9.53 Å². The van der Waals surface area contributed by atoms with Crippen LogP contribution >= 0.6 is 0 Å². The summed E-state index contributed by atoms with van der Waals surface area (Å²) in [6.45, 7) is 1.29. The Morgan fingerprint density at radius 2 is 2.37 bits per heavy atom. The molecule has 5 heteroatoms. The van der Waals surface area contributed by atoms with Crippen LogP contribution in [0.25, 0.3) is 0 Å². The van der Waals surface area contributed by atoms with Crippen molar-refractivity contribution in [3.63, 3.8) is 0 Å². The van der Waals surface area contributed by atoms with Gasteiger partial charge in [-0.25, -0.2) is 4.98 Å². The number of rotatable bonds is 5. The van der Waals surface area contributed by atoms with E-state index in [-0.39, 0.29) is 12.0 Å². The summed E-state index contributed by atoms with van der Waals surface area (Å²) in [6.07, 6.45) is 6.59. The Balaban J connectivity index is 1.73. The van der Waals surface area contributed by atoms with Crippen molar-refractivity contribution in [3.8, 4) is 0 Å². The van der Waals surface area contributed by atoms with Crippen molar-refractivity contribution in [2.75, 3.05) is 11.9 Å². The molecule has 1 aliphatic heterocycles. The van der Waals surface area contributed by atoms with Gasteiger partial charge in [-0.1, -0.05) is 6.07 Å². The number of nitrogens with two attached hydrogens (primary N) is 1. The molecule has 2 heterocycles. The van der Waals surface area contributed by atoms with Crippen LogP contribution in [0.3, 0.4) is 0 Å². The van der Waals surface area contributed by atoms with Crippen molar-refractivity contribution in [1.29, 1.82) is 0 Å². The lowest BCUT2D eigenvalue weighted by atomic mass is 10.0. The number of nitrogens with one attached hydrogen (secondary N) is 1. The molecule has 1 aromatic rings. The van der Waals surface area contributed by atoms with Crippen molar-refractivity contribution in [2.24, 2.45) is 5.73 Å². The first-order valence-corrected chi connectivity index (χ1v) is 6.84. The van der Waals surface area contributed by atoms with Crippen LogP contribution < -0.4 is 11.1 Å². The molecule has 1 aromatic heterocycles. The summed E-state index contributed by atoms with van der Waals surface area (Å²) >= 11 is 0.